The topological polar surface area (TPSA) is 57.5 Å². The lowest BCUT2D eigenvalue weighted by Crippen LogP contribution is -2.20. The molecule has 1 aromatic rings. The molecule has 0 saturated carbocycles. The van der Waals surface area contributed by atoms with Crippen molar-refractivity contribution in [2.75, 3.05) is 0 Å². The number of thiophene rings is 1. The largest absolute Gasteiger partial charge is 0.481 e. The summed E-state index contributed by atoms with van der Waals surface area (Å²) in [6.07, 6.45) is -0.434. The molecular formula is C9H12O3S. The summed E-state index contributed by atoms with van der Waals surface area (Å²) in [5.74, 6) is -1.64. The number of aliphatic hydroxyl groups excluding tert-OH is 1. The Labute approximate surface area is 80.6 Å². The van der Waals surface area contributed by atoms with Crippen molar-refractivity contribution in [1.29, 1.82) is 0 Å². The van der Waals surface area contributed by atoms with Crippen LogP contribution in [-0.2, 0) is 4.79 Å². The molecule has 2 atom stereocenters. The van der Waals surface area contributed by atoms with Crippen molar-refractivity contribution in [3.8, 4) is 0 Å². The van der Waals surface area contributed by atoms with Gasteiger partial charge < -0.3 is 10.2 Å². The minimum absolute atomic E-state index is 0.439. The molecule has 0 amide bonds. The van der Waals surface area contributed by atoms with E-state index in [1.165, 1.54) is 11.3 Å². The van der Waals surface area contributed by atoms with Gasteiger partial charge in [-0.25, -0.2) is 0 Å². The molecule has 13 heavy (non-hydrogen) atoms. The fourth-order valence-corrected chi connectivity index (χ4v) is 1.97. The lowest BCUT2D eigenvalue weighted by Gasteiger charge is -2.15. The summed E-state index contributed by atoms with van der Waals surface area (Å²) in [6, 6.07) is 3.55. The maximum Gasteiger partial charge on any atom is 0.309 e. The van der Waals surface area contributed by atoms with Crippen molar-refractivity contribution >= 4 is 17.3 Å². The highest BCUT2D eigenvalue weighted by Gasteiger charge is 2.26. The number of hydrogen-bond donors (Lipinski definition) is 2. The highest BCUT2D eigenvalue weighted by Crippen LogP contribution is 2.27. The highest BCUT2D eigenvalue weighted by atomic mass is 32.1. The summed E-state index contributed by atoms with van der Waals surface area (Å²) in [7, 11) is 0. The van der Waals surface area contributed by atoms with Crippen LogP contribution in [0.1, 0.15) is 24.3 Å². The Bertz CT molecular complexity index is 268. The minimum atomic E-state index is -0.941. The van der Waals surface area contributed by atoms with E-state index in [2.05, 4.69) is 0 Å². The zero-order chi connectivity index (χ0) is 9.84. The van der Waals surface area contributed by atoms with Gasteiger partial charge in [-0.3, -0.25) is 4.79 Å². The first kappa shape index (κ1) is 10.2. The predicted molar refractivity (Wildman–Crippen MR) is 50.7 cm³/mol. The Morgan fingerprint density at radius 1 is 1.69 bits per heavy atom. The second-order valence-electron chi connectivity index (χ2n) is 2.81. The zero-order valence-corrected chi connectivity index (χ0v) is 8.12. The van der Waals surface area contributed by atoms with Crippen LogP contribution >= 0.6 is 11.3 Å². The summed E-state index contributed by atoms with van der Waals surface area (Å²) in [5.41, 5.74) is 0. The lowest BCUT2D eigenvalue weighted by molar-refractivity contribution is -0.145. The van der Waals surface area contributed by atoms with Gasteiger partial charge in [0.2, 0.25) is 0 Å². The van der Waals surface area contributed by atoms with E-state index in [4.69, 9.17) is 5.11 Å². The second-order valence-corrected chi connectivity index (χ2v) is 3.79. The van der Waals surface area contributed by atoms with Crippen molar-refractivity contribution in [2.24, 2.45) is 5.92 Å². The zero-order valence-electron chi connectivity index (χ0n) is 7.30. The van der Waals surface area contributed by atoms with Crippen LogP contribution in [0.15, 0.2) is 17.5 Å². The number of hydrogen-bond acceptors (Lipinski definition) is 3. The number of aliphatic carboxylic acids is 1. The molecular weight excluding hydrogens is 188 g/mol. The Hall–Kier alpha value is -0.870. The van der Waals surface area contributed by atoms with Gasteiger partial charge in [-0.05, 0) is 17.9 Å². The molecule has 3 nitrogen and oxygen atoms in total. The molecule has 0 aromatic carbocycles. The van der Waals surface area contributed by atoms with E-state index in [1.54, 1.807) is 19.1 Å². The third-order valence-electron chi connectivity index (χ3n) is 1.97. The number of rotatable bonds is 4. The SMILES string of the molecule is CCC(C(=O)O)C(O)c1cccs1. The molecule has 72 valence electrons. The second kappa shape index (κ2) is 4.39. The highest BCUT2D eigenvalue weighted by molar-refractivity contribution is 7.10. The van der Waals surface area contributed by atoms with Crippen LogP contribution in [0.25, 0.3) is 0 Å². The molecule has 1 heterocycles. The van der Waals surface area contributed by atoms with E-state index in [0.29, 0.717) is 11.3 Å². The molecule has 2 N–H and O–H groups in total. The maximum absolute atomic E-state index is 10.7. The number of carbonyl (C=O) groups is 1. The quantitative estimate of drug-likeness (QED) is 0.780. The average Bonchev–Trinajstić information content (AvgIpc) is 2.56. The number of aliphatic hydroxyl groups is 1. The molecule has 1 aromatic heterocycles. The smallest absolute Gasteiger partial charge is 0.309 e. The fraction of sp³-hybridized carbons (Fsp3) is 0.444. The van der Waals surface area contributed by atoms with Gasteiger partial charge in [-0.1, -0.05) is 13.0 Å². The predicted octanol–water partition coefficient (Wildman–Crippen LogP) is 1.89. The first-order chi connectivity index (χ1) is 6.16. The molecule has 0 aliphatic carbocycles. The van der Waals surface area contributed by atoms with Crippen LogP contribution in [0.3, 0.4) is 0 Å². The summed E-state index contributed by atoms with van der Waals surface area (Å²) >= 11 is 1.38. The van der Waals surface area contributed by atoms with Crippen LogP contribution in [0.4, 0.5) is 0 Å². The van der Waals surface area contributed by atoms with E-state index < -0.39 is 18.0 Å². The van der Waals surface area contributed by atoms with Crippen LogP contribution in [0, 0.1) is 5.92 Å². The van der Waals surface area contributed by atoms with Crippen molar-refractivity contribution in [3.05, 3.63) is 22.4 Å². The Morgan fingerprint density at radius 2 is 2.38 bits per heavy atom. The molecule has 4 heteroatoms. The molecule has 1 rings (SSSR count). The average molecular weight is 200 g/mol. The van der Waals surface area contributed by atoms with Gasteiger partial charge in [0.05, 0.1) is 5.92 Å². The van der Waals surface area contributed by atoms with Gasteiger partial charge in [-0.15, -0.1) is 11.3 Å². The minimum Gasteiger partial charge on any atom is -0.481 e. The maximum atomic E-state index is 10.7. The van der Waals surface area contributed by atoms with Crippen LogP contribution in [-0.4, -0.2) is 16.2 Å². The van der Waals surface area contributed by atoms with Crippen molar-refractivity contribution in [2.45, 2.75) is 19.4 Å². The normalized spacial score (nSPS) is 15.2. The van der Waals surface area contributed by atoms with E-state index in [-0.39, 0.29) is 0 Å². The summed E-state index contributed by atoms with van der Waals surface area (Å²) in [5, 5.41) is 20.3. The molecule has 0 fully saturated rings. The van der Waals surface area contributed by atoms with Gasteiger partial charge in [0.25, 0.3) is 0 Å². The van der Waals surface area contributed by atoms with Crippen molar-refractivity contribution < 1.29 is 15.0 Å². The van der Waals surface area contributed by atoms with Crippen LogP contribution in [0.2, 0.25) is 0 Å². The third kappa shape index (κ3) is 2.29. The summed E-state index contributed by atoms with van der Waals surface area (Å²) < 4.78 is 0. The molecule has 0 aliphatic rings. The monoisotopic (exact) mass is 200 g/mol. The van der Waals surface area contributed by atoms with E-state index in [1.807, 2.05) is 5.38 Å². The molecule has 0 bridgehead atoms. The van der Waals surface area contributed by atoms with Gasteiger partial charge in [0.1, 0.15) is 6.10 Å². The van der Waals surface area contributed by atoms with Crippen LogP contribution in [0.5, 0.6) is 0 Å². The van der Waals surface area contributed by atoms with Gasteiger partial charge in [0.15, 0.2) is 0 Å². The molecule has 2 unspecified atom stereocenters. The summed E-state index contributed by atoms with van der Waals surface area (Å²) in [6.45, 7) is 1.76. The molecule has 0 saturated heterocycles. The first-order valence-corrected chi connectivity index (χ1v) is 4.99. The van der Waals surface area contributed by atoms with Gasteiger partial charge in [-0.2, -0.15) is 0 Å². The van der Waals surface area contributed by atoms with Gasteiger partial charge in [0, 0.05) is 4.88 Å². The Morgan fingerprint density at radius 3 is 2.77 bits per heavy atom. The fourth-order valence-electron chi connectivity index (χ4n) is 1.19. The van der Waals surface area contributed by atoms with Crippen LogP contribution < -0.4 is 0 Å². The third-order valence-corrected chi connectivity index (χ3v) is 2.92. The lowest BCUT2D eigenvalue weighted by atomic mass is 9.99. The first-order valence-electron chi connectivity index (χ1n) is 4.11. The van der Waals surface area contributed by atoms with E-state index in [9.17, 15) is 9.90 Å². The van der Waals surface area contributed by atoms with Crippen molar-refractivity contribution in [3.63, 3.8) is 0 Å². The Kier molecular flexibility index (Phi) is 3.45. The standard InChI is InChI=1S/C9H12O3S/c1-2-6(9(11)12)8(10)7-4-3-5-13-7/h3-6,8,10H,2H2,1H3,(H,11,12). The van der Waals surface area contributed by atoms with Gasteiger partial charge >= 0.3 is 5.97 Å². The molecule has 0 radical (unpaired) electrons. The summed E-state index contributed by atoms with van der Waals surface area (Å²) in [4.78, 5) is 11.4. The number of carboxylic acid groups (broad SMARTS) is 1. The van der Waals surface area contributed by atoms with E-state index in [0.717, 1.165) is 0 Å². The number of carboxylic acids is 1. The molecule has 0 spiro atoms. The Balaban J connectivity index is 2.76. The molecule has 0 aliphatic heterocycles. The van der Waals surface area contributed by atoms with Crippen molar-refractivity contribution in [1.82, 2.24) is 0 Å². The van der Waals surface area contributed by atoms with E-state index >= 15 is 0 Å².